The van der Waals surface area contributed by atoms with Crippen molar-refractivity contribution in [3.05, 3.63) is 59.7 Å². The number of hydrogen-bond acceptors (Lipinski definition) is 0. The quantitative estimate of drug-likeness (QED) is 0.693. The Hall–Kier alpha value is -1.21. The zero-order valence-corrected chi connectivity index (χ0v) is 10.3. The molecule has 0 aliphatic rings. The van der Waals surface area contributed by atoms with Crippen molar-refractivity contribution in [1.29, 1.82) is 0 Å². The first-order valence-electron chi connectivity index (χ1n) is 5.45. The Labute approximate surface area is 102 Å². The molecule has 2 heteroatoms. The Morgan fingerprint density at radius 3 is 1.50 bits per heavy atom. The van der Waals surface area contributed by atoms with Crippen LogP contribution < -0.4 is 10.9 Å². The van der Waals surface area contributed by atoms with Gasteiger partial charge in [-0.05, 0) is 13.8 Å². The van der Waals surface area contributed by atoms with Gasteiger partial charge in [0, 0.05) is 0 Å². The maximum atomic E-state index is 6.54. The van der Waals surface area contributed by atoms with Crippen molar-refractivity contribution in [3.63, 3.8) is 0 Å². The molecule has 0 fully saturated rings. The van der Waals surface area contributed by atoms with Crippen LogP contribution in [0.4, 0.5) is 0 Å². The molecule has 0 saturated carbocycles. The number of aryl methyl sites for hydroxylation is 2. The molecule has 0 nitrogen and oxygen atoms in total. The molecule has 0 saturated heterocycles. The Morgan fingerprint density at radius 2 is 1.12 bits per heavy atom. The van der Waals surface area contributed by atoms with E-state index in [0.717, 1.165) is 0 Å². The van der Waals surface area contributed by atoms with Gasteiger partial charge in [-0.25, -0.2) is 0 Å². The summed E-state index contributed by atoms with van der Waals surface area (Å²) in [5.41, 5.74) is 4.87. The van der Waals surface area contributed by atoms with E-state index >= 15 is 0 Å². The lowest BCUT2D eigenvalue weighted by Crippen LogP contribution is -2.39. The highest BCUT2D eigenvalue weighted by Crippen LogP contribution is 2.03. The van der Waals surface area contributed by atoms with Crippen LogP contribution in [0.3, 0.4) is 0 Å². The monoisotopic (exact) mass is 228 g/mol. The minimum atomic E-state index is -0.0533. The molecule has 2 rings (SSSR count). The van der Waals surface area contributed by atoms with Crippen LogP contribution in [0.1, 0.15) is 11.1 Å². The fraction of sp³-hybridized carbons (Fsp3) is 0.143. The van der Waals surface area contributed by atoms with E-state index < -0.39 is 0 Å². The first-order valence-corrected chi connectivity index (χ1v) is 5.89. The molecule has 0 spiro atoms. The summed E-state index contributed by atoms with van der Waals surface area (Å²) in [5, 5.41) is 0. The Morgan fingerprint density at radius 1 is 0.750 bits per heavy atom. The zero-order chi connectivity index (χ0) is 11.5. The fourth-order valence-corrected chi connectivity index (χ4v) is 2.40. The number of rotatable bonds is 2. The van der Waals surface area contributed by atoms with Gasteiger partial charge in [-0.1, -0.05) is 70.6 Å². The summed E-state index contributed by atoms with van der Waals surface area (Å²) in [6, 6.07) is 16.6. The molecule has 0 atom stereocenters. The molecule has 0 aliphatic heterocycles. The van der Waals surface area contributed by atoms with Gasteiger partial charge in [0.05, 0.1) is 0 Å². The largest absolute Gasteiger partial charge is 0.316 e. The van der Waals surface area contributed by atoms with Crippen LogP contribution >= 0.6 is 11.5 Å². The molecule has 0 N–H and O–H groups in total. The average Bonchev–Trinajstić information content (AvgIpc) is 2.29. The molecule has 2 aromatic carbocycles. The second-order valence-electron chi connectivity index (χ2n) is 4.08. The van der Waals surface area contributed by atoms with Crippen molar-refractivity contribution < 1.29 is 0 Å². The van der Waals surface area contributed by atoms with Crippen LogP contribution in [0.15, 0.2) is 48.5 Å². The topological polar surface area (TPSA) is 0 Å². The third kappa shape index (κ3) is 2.15. The minimum absolute atomic E-state index is 0.0533. The van der Waals surface area contributed by atoms with Crippen molar-refractivity contribution in [1.82, 2.24) is 0 Å². The molecule has 0 radical (unpaired) electrons. The second-order valence-corrected chi connectivity index (χ2v) is 4.51. The van der Waals surface area contributed by atoms with Gasteiger partial charge >= 0.3 is 6.13 Å². The highest BCUT2D eigenvalue weighted by Gasteiger charge is 2.19. The number of hydrogen-bond donors (Lipinski definition) is 0. The van der Waals surface area contributed by atoms with Gasteiger partial charge in [0.2, 0.25) is 0 Å². The molecule has 0 heterocycles. The highest BCUT2D eigenvalue weighted by molar-refractivity contribution is 7.21. The van der Waals surface area contributed by atoms with Gasteiger partial charge in [-0.3, -0.25) is 0 Å². The van der Waals surface area contributed by atoms with Gasteiger partial charge in [-0.2, -0.15) is 11.5 Å². The van der Waals surface area contributed by atoms with Crippen LogP contribution in [-0.4, -0.2) is 6.13 Å². The molecule has 0 aromatic heterocycles. The summed E-state index contributed by atoms with van der Waals surface area (Å²) in [6.07, 6.45) is -0.0533. The van der Waals surface area contributed by atoms with Crippen molar-refractivity contribution in [2.45, 2.75) is 13.8 Å². The van der Waals surface area contributed by atoms with Gasteiger partial charge in [0.25, 0.3) is 0 Å². The summed E-state index contributed by atoms with van der Waals surface area (Å²) >= 11 is 6.54. The molecular formula is C14H14BCl. The normalized spacial score (nSPS) is 10.2. The predicted octanol–water partition coefficient (Wildman–Crippen LogP) is 2.65. The van der Waals surface area contributed by atoms with E-state index in [9.17, 15) is 0 Å². The smallest absolute Gasteiger partial charge is 0.182 e. The lowest BCUT2D eigenvalue weighted by molar-refractivity contribution is 1.50. The Balaban J connectivity index is 2.44. The summed E-state index contributed by atoms with van der Waals surface area (Å²) in [5.74, 6) is 0. The summed E-state index contributed by atoms with van der Waals surface area (Å²) in [4.78, 5) is 0. The number of halogens is 1. The summed E-state index contributed by atoms with van der Waals surface area (Å²) in [7, 11) is 0. The standard InChI is InChI=1S/C14H14BCl/c1-11-7-3-5-9-13(11)15(16)14-10-6-4-8-12(14)2/h3-10H,1-2H3. The third-order valence-electron chi connectivity index (χ3n) is 2.92. The van der Waals surface area contributed by atoms with Gasteiger partial charge < -0.3 is 0 Å². The molecule has 0 amide bonds. The highest BCUT2D eigenvalue weighted by atomic mass is 35.5. The van der Waals surface area contributed by atoms with Crippen LogP contribution in [0.25, 0.3) is 0 Å². The number of benzene rings is 2. The summed E-state index contributed by atoms with van der Waals surface area (Å²) in [6.45, 7) is 4.20. The van der Waals surface area contributed by atoms with Crippen molar-refractivity contribution >= 4 is 28.5 Å². The van der Waals surface area contributed by atoms with E-state index in [4.69, 9.17) is 11.5 Å². The fourth-order valence-electron chi connectivity index (χ4n) is 1.91. The minimum Gasteiger partial charge on any atom is -0.182 e. The van der Waals surface area contributed by atoms with Crippen molar-refractivity contribution in [2.75, 3.05) is 0 Å². The van der Waals surface area contributed by atoms with E-state index in [-0.39, 0.29) is 6.13 Å². The lowest BCUT2D eigenvalue weighted by Gasteiger charge is -2.12. The van der Waals surface area contributed by atoms with Crippen LogP contribution in [0.5, 0.6) is 0 Å². The van der Waals surface area contributed by atoms with Crippen LogP contribution in [0.2, 0.25) is 0 Å². The molecule has 2 aromatic rings. The lowest BCUT2D eigenvalue weighted by atomic mass is 9.59. The molecule has 16 heavy (non-hydrogen) atoms. The molecule has 0 unspecified atom stereocenters. The third-order valence-corrected chi connectivity index (χ3v) is 3.39. The van der Waals surface area contributed by atoms with Crippen LogP contribution in [0, 0.1) is 13.8 Å². The van der Waals surface area contributed by atoms with Crippen molar-refractivity contribution in [3.8, 4) is 0 Å². The maximum Gasteiger partial charge on any atom is 0.316 e. The van der Waals surface area contributed by atoms with Gasteiger partial charge in [0.15, 0.2) is 0 Å². The predicted molar refractivity (Wildman–Crippen MR) is 73.2 cm³/mol. The first kappa shape index (κ1) is 11.3. The first-order chi connectivity index (χ1) is 7.70. The van der Waals surface area contributed by atoms with Gasteiger partial charge in [0.1, 0.15) is 0 Å². The summed E-state index contributed by atoms with van der Waals surface area (Å²) < 4.78 is 0. The average molecular weight is 229 g/mol. The zero-order valence-electron chi connectivity index (χ0n) is 9.57. The van der Waals surface area contributed by atoms with E-state index in [1.54, 1.807) is 0 Å². The van der Waals surface area contributed by atoms with E-state index in [2.05, 4.69) is 38.1 Å². The Bertz CT molecular complexity index is 448. The van der Waals surface area contributed by atoms with Crippen LogP contribution in [-0.2, 0) is 0 Å². The van der Waals surface area contributed by atoms with E-state index in [0.29, 0.717) is 0 Å². The van der Waals surface area contributed by atoms with Gasteiger partial charge in [-0.15, -0.1) is 0 Å². The molecule has 80 valence electrons. The maximum absolute atomic E-state index is 6.54. The van der Waals surface area contributed by atoms with Crippen molar-refractivity contribution in [2.24, 2.45) is 0 Å². The van der Waals surface area contributed by atoms with E-state index in [1.807, 2.05) is 24.3 Å². The Kier molecular flexibility index (Phi) is 3.35. The second kappa shape index (κ2) is 4.75. The molecule has 0 aliphatic carbocycles. The molecule has 0 bridgehead atoms. The SMILES string of the molecule is Cc1ccccc1B(Cl)c1ccccc1C. The molecular weight excluding hydrogens is 214 g/mol. The van der Waals surface area contributed by atoms with E-state index in [1.165, 1.54) is 22.1 Å².